The van der Waals surface area contributed by atoms with Crippen LogP contribution in [0.5, 0.6) is 0 Å². The van der Waals surface area contributed by atoms with Gasteiger partial charge in [-0.3, -0.25) is 14.6 Å². The lowest BCUT2D eigenvalue weighted by atomic mass is 9.99. The van der Waals surface area contributed by atoms with Crippen molar-refractivity contribution < 1.29 is 9.59 Å². The first kappa shape index (κ1) is 16.2. The van der Waals surface area contributed by atoms with E-state index in [4.69, 9.17) is 0 Å². The summed E-state index contributed by atoms with van der Waals surface area (Å²) < 4.78 is 0. The summed E-state index contributed by atoms with van der Waals surface area (Å²) in [6.07, 6.45) is 7.35. The predicted molar refractivity (Wildman–Crippen MR) is 85.7 cm³/mol. The quantitative estimate of drug-likeness (QED) is 0.850. The number of hydrogen-bond acceptors (Lipinski definition) is 3. The number of likely N-dealkylation sites (tertiary alicyclic amines) is 1. The van der Waals surface area contributed by atoms with Crippen LogP contribution in [0.15, 0.2) is 31.0 Å². The van der Waals surface area contributed by atoms with E-state index in [1.54, 1.807) is 18.2 Å². The number of rotatable bonds is 5. The summed E-state index contributed by atoms with van der Waals surface area (Å²) >= 11 is 0. The van der Waals surface area contributed by atoms with Crippen molar-refractivity contribution >= 4 is 11.8 Å². The van der Waals surface area contributed by atoms with Gasteiger partial charge in [0.15, 0.2) is 0 Å². The molecule has 2 heterocycles. The summed E-state index contributed by atoms with van der Waals surface area (Å²) in [5.74, 6) is -0.299. The fraction of sp³-hybridized carbons (Fsp3) is 0.471. The molecule has 5 nitrogen and oxygen atoms in total. The number of nitrogens with zero attached hydrogens (tertiary/aromatic N) is 2. The van der Waals surface area contributed by atoms with E-state index in [9.17, 15) is 9.59 Å². The van der Waals surface area contributed by atoms with Crippen LogP contribution in [0.25, 0.3) is 0 Å². The van der Waals surface area contributed by atoms with Gasteiger partial charge in [0.05, 0.1) is 0 Å². The molecular weight excluding hydrogens is 278 g/mol. The van der Waals surface area contributed by atoms with Gasteiger partial charge in [-0.2, -0.15) is 0 Å². The van der Waals surface area contributed by atoms with Crippen LogP contribution in [0.3, 0.4) is 0 Å². The summed E-state index contributed by atoms with van der Waals surface area (Å²) in [6, 6.07) is 3.54. The number of hydrogen-bond donors (Lipinski definition) is 1. The maximum absolute atomic E-state index is 12.7. The largest absolute Gasteiger partial charge is 0.347 e. The Bertz CT molecular complexity index is 557. The van der Waals surface area contributed by atoms with E-state index in [-0.39, 0.29) is 17.5 Å². The third-order valence-corrected chi connectivity index (χ3v) is 4.01. The van der Waals surface area contributed by atoms with Gasteiger partial charge in [-0.1, -0.05) is 13.0 Å². The highest BCUT2D eigenvalue weighted by Gasteiger charge is 2.26. The molecule has 1 N–H and O–H groups in total. The van der Waals surface area contributed by atoms with Crippen molar-refractivity contribution in [1.29, 1.82) is 0 Å². The van der Waals surface area contributed by atoms with Crippen LogP contribution in [0.4, 0.5) is 0 Å². The first-order chi connectivity index (χ1) is 10.7. The Balaban J connectivity index is 2.15. The fourth-order valence-corrected chi connectivity index (χ4v) is 2.80. The average Bonchev–Trinajstić information content (AvgIpc) is 2.59. The highest BCUT2D eigenvalue weighted by Crippen LogP contribution is 2.21. The number of pyridine rings is 1. The third kappa shape index (κ3) is 3.72. The van der Waals surface area contributed by atoms with Gasteiger partial charge >= 0.3 is 0 Å². The predicted octanol–water partition coefficient (Wildman–Crippen LogP) is 2.40. The van der Waals surface area contributed by atoms with E-state index >= 15 is 0 Å². The van der Waals surface area contributed by atoms with Gasteiger partial charge < -0.3 is 10.2 Å². The first-order valence-corrected chi connectivity index (χ1v) is 7.83. The lowest BCUT2D eigenvalue weighted by Crippen LogP contribution is -2.43. The Morgan fingerprint density at radius 2 is 2.32 bits per heavy atom. The number of amides is 2. The van der Waals surface area contributed by atoms with E-state index in [1.807, 2.05) is 4.90 Å². The van der Waals surface area contributed by atoms with Crippen molar-refractivity contribution in [3.63, 3.8) is 0 Å². The van der Waals surface area contributed by atoms with Crippen LogP contribution in [0, 0.1) is 0 Å². The summed E-state index contributed by atoms with van der Waals surface area (Å²) in [5, 5.41) is 2.67. The van der Waals surface area contributed by atoms with Crippen molar-refractivity contribution in [3.05, 3.63) is 42.2 Å². The Morgan fingerprint density at radius 3 is 3.05 bits per heavy atom. The Labute approximate surface area is 131 Å². The molecule has 22 heavy (non-hydrogen) atoms. The smallest absolute Gasteiger partial charge is 0.270 e. The molecule has 1 fully saturated rings. The number of nitrogens with one attached hydrogen (secondary N) is 1. The van der Waals surface area contributed by atoms with Gasteiger partial charge in [0.2, 0.25) is 0 Å². The molecular formula is C17H23N3O2. The van der Waals surface area contributed by atoms with Gasteiger partial charge in [0, 0.05) is 30.9 Å². The molecule has 0 spiro atoms. The summed E-state index contributed by atoms with van der Waals surface area (Å²) in [4.78, 5) is 30.6. The Kier molecular flexibility index (Phi) is 5.69. The second-order valence-electron chi connectivity index (χ2n) is 5.48. The molecule has 0 aromatic carbocycles. The van der Waals surface area contributed by atoms with Crippen molar-refractivity contribution in [1.82, 2.24) is 15.2 Å². The minimum absolute atomic E-state index is 0.00767. The molecule has 1 aliphatic heterocycles. The fourth-order valence-electron chi connectivity index (χ4n) is 2.80. The number of piperidine rings is 1. The van der Waals surface area contributed by atoms with E-state index in [0.29, 0.717) is 18.2 Å². The second-order valence-corrected chi connectivity index (χ2v) is 5.48. The highest BCUT2D eigenvalue weighted by atomic mass is 16.2. The van der Waals surface area contributed by atoms with Crippen LogP contribution >= 0.6 is 0 Å². The molecule has 0 aliphatic carbocycles. The Morgan fingerprint density at radius 1 is 1.50 bits per heavy atom. The molecule has 0 saturated carbocycles. The van der Waals surface area contributed by atoms with E-state index in [1.165, 1.54) is 12.6 Å². The zero-order valence-electron chi connectivity index (χ0n) is 13.0. The minimum atomic E-state index is -0.291. The lowest BCUT2D eigenvalue weighted by molar-refractivity contribution is 0.0608. The van der Waals surface area contributed by atoms with Crippen molar-refractivity contribution in [2.24, 2.45) is 0 Å². The van der Waals surface area contributed by atoms with Crippen LogP contribution in [-0.2, 0) is 0 Å². The van der Waals surface area contributed by atoms with Crippen LogP contribution in [0.1, 0.15) is 53.5 Å². The van der Waals surface area contributed by atoms with E-state index in [0.717, 1.165) is 25.8 Å². The van der Waals surface area contributed by atoms with E-state index < -0.39 is 0 Å². The van der Waals surface area contributed by atoms with Crippen molar-refractivity contribution in [3.8, 4) is 0 Å². The number of carbonyl (C=O) groups excluding carboxylic acids is 2. The summed E-state index contributed by atoms with van der Waals surface area (Å²) in [6.45, 7) is 6.83. The maximum Gasteiger partial charge on any atom is 0.270 e. The molecule has 1 aromatic rings. The van der Waals surface area contributed by atoms with Gasteiger partial charge in [-0.25, -0.2) is 0 Å². The SMILES string of the molecule is C=CCNC(=O)c1cc(C(=O)N2CCCCC2CC)ccn1. The normalized spacial score (nSPS) is 17.9. The van der Waals surface area contributed by atoms with Gasteiger partial charge in [0.25, 0.3) is 11.8 Å². The molecule has 0 bridgehead atoms. The van der Waals surface area contributed by atoms with Crippen LogP contribution in [0.2, 0.25) is 0 Å². The standard InChI is InChI=1S/C17H23N3O2/c1-3-9-19-16(21)15-12-13(8-10-18-15)17(22)20-11-6-5-7-14(20)4-2/h3,8,10,12,14H,1,4-7,9,11H2,2H3,(H,19,21). The summed E-state index contributed by atoms with van der Waals surface area (Å²) in [7, 11) is 0. The zero-order valence-corrected chi connectivity index (χ0v) is 13.0. The second kappa shape index (κ2) is 7.73. The first-order valence-electron chi connectivity index (χ1n) is 7.83. The van der Waals surface area contributed by atoms with Crippen LogP contribution < -0.4 is 5.32 Å². The molecule has 118 valence electrons. The van der Waals surface area contributed by atoms with Gasteiger partial charge in [-0.05, 0) is 37.8 Å². The van der Waals surface area contributed by atoms with Gasteiger partial charge in [0.1, 0.15) is 5.69 Å². The zero-order chi connectivity index (χ0) is 15.9. The molecule has 2 amide bonds. The minimum Gasteiger partial charge on any atom is -0.347 e. The molecule has 0 radical (unpaired) electrons. The van der Waals surface area contributed by atoms with Crippen molar-refractivity contribution in [2.45, 2.75) is 38.6 Å². The highest BCUT2D eigenvalue weighted by molar-refractivity contribution is 5.98. The summed E-state index contributed by atoms with van der Waals surface area (Å²) in [5.41, 5.74) is 0.789. The molecule has 5 heteroatoms. The Hall–Kier alpha value is -2.17. The average molecular weight is 301 g/mol. The number of aromatic nitrogens is 1. The third-order valence-electron chi connectivity index (χ3n) is 4.01. The monoisotopic (exact) mass is 301 g/mol. The maximum atomic E-state index is 12.7. The topological polar surface area (TPSA) is 62.3 Å². The van der Waals surface area contributed by atoms with Crippen LogP contribution in [-0.4, -0.2) is 40.8 Å². The molecule has 1 saturated heterocycles. The van der Waals surface area contributed by atoms with Crippen molar-refractivity contribution in [2.75, 3.05) is 13.1 Å². The molecule has 1 unspecified atom stereocenters. The molecule has 1 atom stereocenters. The van der Waals surface area contributed by atoms with Gasteiger partial charge in [-0.15, -0.1) is 6.58 Å². The molecule has 2 rings (SSSR count). The van der Waals surface area contributed by atoms with E-state index in [2.05, 4.69) is 23.8 Å². The molecule has 1 aliphatic rings. The molecule has 1 aromatic heterocycles. The number of carbonyl (C=O) groups is 2. The lowest BCUT2D eigenvalue weighted by Gasteiger charge is -2.35.